The quantitative estimate of drug-likeness (QED) is 0.533. The van der Waals surface area contributed by atoms with Gasteiger partial charge in [0, 0.05) is 31.0 Å². The van der Waals surface area contributed by atoms with Gasteiger partial charge in [0.1, 0.15) is 5.82 Å². The number of fused-ring (bicyclic) bond motifs is 3. The highest BCUT2D eigenvalue weighted by atomic mass is 16.1. The van der Waals surface area contributed by atoms with Gasteiger partial charge in [-0.05, 0) is 41.2 Å². The summed E-state index contributed by atoms with van der Waals surface area (Å²) >= 11 is 0. The van der Waals surface area contributed by atoms with Gasteiger partial charge in [0.2, 0.25) is 5.91 Å². The van der Waals surface area contributed by atoms with Gasteiger partial charge in [-0.3, -0.25) is 14.7 Å². The van der Waals surface area contributed by atoms with E-state index in [9.17, 15) is 4.79 Å². The average molecular weight is 437 g/mol. The number of rotatable bonds is 3. The van der Waals surface area contributed by atoms with Crippen molar-refractivity contribution in [2.24, 2.45) is 5.73 Å². The topological polar surface area (TPSA) is 89.9 Å². The monoisotopic (exact) mass is 436 g/mol. The Balaban J connectivity index is 1.38. The first kappa shape index (κ1) is 19.8. The van der Waals surface area contributed by atoms with Crippen LogP contribution in [0.25, 0.3) is 11.4 Å². The molecule has 0 spiro atoms. The molecular weight excluding hydrogens is 412 g/mol. The highest BCUT2D eigenvalue weighted by Crippen LogP contribution is 2.38. The summed E-state index contributed by atoms with van der Waals surface area (Å²) in [7, 11) is 0. The third-order valence-electron chi connectivity index (χ3n) is 6.79. The number of carbonyl (C=O) groups excluding carboxylic acids is 1. The normalized spacial score (nSPS) is 15.9. The SMILES string of the molecule is NC(=O)c1cncc(-c2nnc3n2CCN(C2c4ccccc4CCc4ccccc42)C3)c1. The van der Waals surface area contributed by atoms with Crippen LogP contribution in [0, 0.1) is 0 Å². The van der Waals surface area contributed by atoms with Crippen molar-refractivity contribution < 1.29 is 4.79 Å². The summed E-state index contributed by atoms with van der Waals surface area (Å²) in [6.45, 7) is 2.33. The van der Waals surface area contributed by atoms with E-state index >= 15 is 0 Å². The predicted molar refractivity (Wildman–Crippen MR) is 124 cm³/mol. The van der Waals surface area contributed by atoms with Gasteiger partial charge in [-0.15, -0.1) is 10.2 Å². The number of aryl methyl sites for hydroxylation is 2. The molecule has 0 saturated heterocycles. The molecule has 164 valence electrons. The fourth-order valence-corrected chi connectivity index (χ4v) is 5.19. The molecule has 3 heterocycles. The van der Waals surface area contributed by atoms with Crippen molar-refractivity contribution in [1.82, 2.24) is 24.6 Å². The lowest BCUT2D eigenvalue weighted by Crippen LogP contribution is -2.37. The fraction of sp³-hybridized carbons (Fsp3) is 0.231. The Morgan fingerprint density at radius 3 is 2.30 bits per heavy atom. The lowest BCUT2D eigenvalue weighted by molar-refractivity contribution is 0.1000. The van der Waals surface area contributed by atoms with Crippen molar-refractivity contribution in [2.45, 2.75) is 32.0 Å². The minimum absolute atomic E-state index is 0.189. The second-order valence-electron chi connectivity index (χ2n) is 8.69. The molecule has 4 aromatic rings. The van der Waals surface area contributed by atoms with Crippen molar-refractivity contribution >= 4 is 5.91 Å². The number of nitrogens with zero attached hydrogens (tertiary/aromatic N) is 5. The van der Waals surface area contributed by atoms with E-state index in [0.29, 0.717) is 12.1 Å². The molecule has 0 saturated carbocycles. The second kappa shape index (κ2) is 7.94. The Labute approximate surface area is 191 Å². The van der Waals surface area contributed by atoms with E-state index in [4.69, 9.17) is 5.73 Å². The van der Waals surface area contributed by atoms with Gasteiger partial charge in [0.25, 0.3) is 0 Å². The Hall–Kier alpha value is -3.84. The van der Waals surface area contributed by atoms with Crippen molar-refractivity contribution in [1.29, 1.82) is 0 Å². The van der Waals surface area contributed by atoms with Gasteiger partial charge >= 0.3 is 0 Å². The zero-order valence-electron chi connectivity index (χ0n) is 18.2. The van der Waals surface area contributed by atoms with Gasteiger partial charge < -0.3 is 10.3 Å². The van der Waals surface area contributed by atoms with Crippen LogP contribution in [0.5, 0.6) is 0 Å². The molecule has 33 heavy (non-hydrogen) atoms. The van der Waals surface area contributed by atoms with E-state index in [1.807, 2.05) is 0 Å². The molecule has 6 rings (SSSR count). The second-order valence-corrected chi connectivity index (χ2v) is 8.69. The summed E-state index contributed by atoms with van der Waals surface area (Å²) in [6, 6.07) is 19.5. The van der Waals surface area contributed by atoms with Gasteiger partial charge in [0.15, 0.2) is 5.82 Å². The minimum atomic E-state index is -0.500. The molecule has 2 aromatic carbocycles. The summed E-state index contributed by atoms with van der Waals surface area (Å²) in [5.41, 5.74) is 12.2. The van der Waals surface area contributed by atoms with Crippen LogP contribution in [0.1, 0.15) is 44.5 Å². The number of primary amides is 1. The van der Waals surface area contributed by atoms with E-state index in [2.05, 4.69) is 73.2 Å². The summed E-state index contributed by atoms with van der Waals surface area (Å²) in [4.78, 5) is 18.3. The zero-order chi connectivity index (χ0) is 22.4. The zero-order valence-corrected chi connectivity index (χ0v) is 18.2. The first-order valence-electron chi connectivity index (χ1n) is 11.3. The molecule has 7 heteroatoms. The number of hydrogen-bond donors (Lipinski definition) is 1. The van der Waals surface area contributed by atoms with Crippen molar-refractivity contribution in [2.75, 3.05) is 6.54 Å². The van der Waals surface area contributed by atoms with Crippen LogP contribution in [0.4, 0.5) is 0 Å². The highest BCUT2D eigenvalue weighted by Gasteiger charge is 2.32. The first-order valence-corrected chi connectivity index (χ1v) is 11.3. The van der Waals surface area contributed by atoms with Gasteiger partial charge in [-0.25, -0.2) is 0 Å². The molecule has 0 radical (unpaired) electrons. The maximum absolute atomic E-state index is 11.6. The van der Waals surface area contributed by atoms with Crippen molar-refractivity contribution in [3.63, 3.8) is 0 Å². The van der Waals surface area contributed by atoms with Crippen LogP contribution in [-0.4, -0.2) is 37.1 Å². The van der Waals surface area contributed by atoms with Crippen molar-refractivity contribution in [3.05, 3.63) is 101 Å². The molecule has 0 bridgehead atoms. The van der Waals surface area contributed by atoms with Crippen LogP contribution in [0.3, 0.4) is 0 Å². The lowest BCUT2D eigenvalue weighted by atomic mass is 9.93. The fourth-order valence-electron chi connectivity index (χ4n) is 5.19. The number of nitrogens with two attached hydrogens (primary N) is 1. The smallest absolute Gasteiger partial charge is 0.250 e. The highest BCUT2D eigenvalue weighted by molar-refractivity contribution is 5.93. The van der Waals surface area contributed by atoms with Crippen LogP contribution in [0.15, 0.2) is 67.0 Å². The standard InChI is InChI=1S/C26H24N6O/c27-25(33)19-13-20(15-28-14-19)26-30-29-23-16-31(11-12-32(23)26)24-21-7-3-1-5-17(21)9-10-18-6-2-4-8-22(18)24/h1-8,13-15,24H,9-12,16H2,(H2,27,33). The Bertz CT molecular complexity index is 1310. The molecule has 2 aliphatic rings. The van der Waals surface area contributed by atoms with Crippen LogP contribution in [-0.2, 0) is 25.9 Å². The third-order valence-corrected chi connectivity index (χ3v) is 6.79. The summed E-state index contributed by atoms with van der Waals surface area (Å²) < 4.78 is 2.13. The Kier molecular flexibility index (Phi) is 4.77. The van der Waals surface area contributed by atoms with Crippen LogP contribution < -0.4 is 5.73 Å². The Morgan fingerprint density at radius 1 is 0.909 bits per heavy atom. The van der Waals surface area contributed by atoms with Gasteiger partial charge in [0.05, 0.1) is 18.2 Å². The lowest BCUT2D eigenvalue weighted by Gasteiger charge is -2.36. The Morgan fingerprint density at radius 2 is 1.61 bits per heavy atom. The number of carbonyl (C=O) groups is 1. The number of aromatic nitrogens is 4. The minimum Gasteiger partial charge on any atom is -0.366 e. The molecule has 7 nitrogen and oxygen atoms in total. The van der Waals surface area contributed by atoms with Gasteiger partial charge in [-0.1, -0.05) is 48.5 Å². The molecule has 1 aliphatic heterocycles. The predicted octanol–water partition coefficient (Wildman–Crippen LogP) is 3.14. The number of hydrogen-bond acceptors (Lipinski definition) is 5. The molecular formula is C26H24N6O. The average Bonchev–Trinajstić information content (AvgIpc) is 3.20. The number of benzene rings is 2. The third kappa shape index (κ3) is 3.41. The van der Waals surface area contributed by atoms with E-state index in [1.165, 1.54) is 28.5 Å². The molecule has 2 aromatic heterocycles. The number of pyridine rings is 1. The summed E-state index contributed by atoms with van der Waals surface area (Å²) in [5.74, 6) is 1.14. The molecule has 0 unspecified atom stereocenters. The number of amides is 1. The molecule has 0 fully saturated rings. The molecule has 2 N–H and O–H groups in total. The summed E-state index contributed by atoms with van der Waals surface area (Å²) in [5, 5.41) is 8.96. The van der Waals surface area contributed by atoms with E-state index in [1.54, 1.807) is 12.3 Å². The van der Waals surface area contributed by atoms with E-state index in [-0.39, 0.29) is 6.04 Å². The maximum atomic E-state index is 11.6. The van der Waals surface area contributed by atoms with Gasteiger partial charge in [-0.2, -0.15) is 0 Å². The molecule has 1 aliphatic carbocycles. The first-order chi connectivity index (χ1) is 16.2. The van der Waals surface area contributed by atoms with E-state index in [0.717, 1.165) is 43.1 Å². The van der Waals surface area contributed by atoms with Crippen LogP contribution >= 0.6 is 0 Å². The molecule has 0 atom stereocenters. The molecule has 1 amide bonds. The van der Waals surface area contributed by atoms with Crippen molar-refractivity contribution in [3.8, 4) is 11.4 Å². The largest absolute Gasteiger partial charge is 0.366 e. The van der Waals surface area contributed by atoms with E-state index < -0.39 is 5.91 Å². The summed E-state index contributed by atoms with van der Waals surface area (Å²) in [6.07, 6.45) is 5.29. The van der Waals surface area contributed by atoms with Crippen LogP contribution in [0.2, 0.25) is 0 Å². The maximum Gasteiger partial charge on any atom is 0.250 e.